The summed E-state index contributed by atoms with van der Waals surface area (Å²) in [6.07, 6.45) is -0.223. The monoisotopic (exact) mass is 377 g/mol. The zero-order valence-corrected chi connectivity index (χ0v) is 15.7. The van der Waals surface area contributed by atoms with E-state index in [0.717, 1.165) is 18.7 Å². The van der Waals surface area contributed by atoms with E-state index < -0.39 is 12.3 Å². The average Bonchev–Trinajstić information content (AvgIpc) is 3.09. The number of para-hydroxylation sites is 2. The first kappa shape index (κ1) is 18.8. The number of methoxy groups -OCH3 is 1. The summed E-state index contributed by atoms with van der Waals surface area (Å²) in [7, 11) is 1.60. The summed E-state index contributed by atoms with van der Waals surface area (Å²) in [5.74, 6) is 2.05. The molecule has 1 N–H and O–H groups in total. The molecule has 5 nitrogen and oxygen atoms in total. The Morgan fingerprint density at radius 1 is 1.12 bits per heavy atom. The molecule has 1 aliphatic heterocycles. The van der Waals surface area contributed by atoms with Gasteiger partial charge in [-0.2, -0.15) is 0 Å². The summed E-state index contributed by atoms with van der Waals surface area (Å²) >= 11 is 5.91. The lowest BCUT2D eigenvalue weighted by Crippen LogP contribution is -2.46. The van der Waals surface area contributed by atoms with Gasteiger partial charge in [-0.05, 0) is 49.7 Å². The molecule has 3 rings (SSSR count). The molecule has 0 spiro atoms. The predicted octanol–water partition coefficient (Wildman–Crippen LogP) is 3.59. The van der Waals surface area contributed by atoms with E-state index in [9.17, 15) is 5.11 Å². The standard InChI is InChI=1S/C20H24ClNO4/c1-14(23)20(26-19-6-4-3-5-18(19)24-2)22-12-11-17(13-22)25-16-9-7-15(21)8-10-16/h3-10,14,17,20,23H,11-13H2,1-2H3. The molecule has 1 fully saturated rings. The van der Waals surface area contributed by atoms with Gasteiger partial charge in [0.05, 0.1) is 7.11 Å². The van der Waals surface area contributed by atoms with Gasteiger partial charge in [0.25, 0.3) is 0 Å². The van der Waals surface area contributed by atoms with Crippen LogP contribution in [0.3, 0.4) is 0 Å². The van der Waals surface area contributed by atoms with Crippen molar-refractivity contribution in [1.29, 1.82) is 0 Å². The van der Waals surface area contributed by atoms with Gasteiger partial charge in [0.2, 0.25) is 0 Å². The first-order valence-corrected chi connectivity index (χ1v) is 9.08. The Labute approximate surface area is 159 Å². The van der Waals surface area contributed by atoms with Crippen LogP contribution in [-0.2, 0) is 0 Å². The molecular formula is C20H24ClNO4. The molecule has 0 bridgehead atoms. The number of hydrogen-bond acceptors (Lipinski definition) is 5. The average molecular weight is 378 g/mol. The smallest absolute Gasteiger partial charge is 0.178 e. The Morgan fingerprint density at radius 2 is 1.81 bits per heavy atom. The zero-order valence-electron chi connectivity index (χ0n) is 15.0. The van der Waals surface area contributed by atoms with E-state index in [1.807, 2.05) is 48.5 Å². The summed E-state index contributed by atoms with van der Waals surface area (Å²) < 4.78 is 17.4. The third-order valence-corrected chi connectivity index (χ3v) is 4.63. The molecule has 1 saturated heterocycles. The van der Waals surface area contributed by atoms with Crippen molar-refractivity contribution >= 4 is 11.6 Å². The quantitative estimate of drug-likeness (QED) is 0.799. The summed E-state index contributed by atoms with van der Waals surface area (Å²) in [6.45, 7) is 3.18. The van der Waals surface area contributed by atoms with Gasteiger partial charge in [0, 0.05) is 18.1 Å². The highest BCUT2D eigenvalue weighted by Crippen LogP contribution is 2.29. The largest absolute Gasteiger partial charge is 0.493 e. The van der Waals surface area contributed by atoms with E-state index in [-0.39, 0.29) is 6.10 Å². The summed E-state index contributed by atoms with van der Waals surface area (Å²) in [6, 6.07) is 14.8. The third-order valence-electron chi connectivity index (χ3n) is 4.38. The second kappa shape index (κ2) is 8.62. The zero-order chi connectivity index (χ0) is 18.5. The molecule has 2 aromatic carbocycles. The molecule has 0 saturated carbocycles. The van der Waals surface area contributed by atoms with Gasteiger partial charge < -0.3 is 19.3 Å². The summed E-state index contributed by atoms with van der Waals surface area (Å²) in [4.78, 5) is 2.09. The van der Waals surface area contributed by atoms with Crippen molar-refractivity contribution < 1.29 is 19.3 Å². The highest BCUT2D eigenvalue weighted by molar-refractivity contribution is 6.30. The van der Waals surface area contributed by atoms with Crippen LogP contribution in [0.15, 0.2) is 48.5 Å². The predicted molar refractivity (Wildman–Crippen MR) is 101 cm³/mol. The lowest BCUT2D eigenvalue weighted by atomic mass is 10.3. The second-order valence-corrected chi connectivity index (χ2v) is 6.81. The second-order valence-electron chi connectivity index (χ2n) is 6.38. The summed E-state index contributed by atoms with van der Waals surface area (Å²) in [5.41, 5.74) is 0. The van der Waals surface area contributed by atoms with Crippen molar-refractivity contribution in [3.63, 3.8) is 0 Å². The fourth-order valence-electron chi connectivity index (χ4n) is 3.11. The Morgan fingerprint density at radius 3 is 2.46 bits per heavy atom. The minimum atomic E-state index is -0.658. The molecule has 0 radical (unpaired) electrons. The maximum atomic E-state index is 10.2. The maximum Gasteiger partial charge on any atom is 0.178 e. The maximum absolute atomic E-state index is 10.2. The fraction of sp³-hybridized carbons (Fsp3) is 0.400. The first-order chi connectivity index (χ1) is 12.6. The Hall–Kier alpha value is -1.95. The minimum Gasteiger partial charge on any atom is -0.493 e. The topological polar surface area (TPSA) is 51.2 Å². The van der Waals surface area contributed by atoms with Crippen molar-refractivity contribution in [2.45, 2.75) is 31.8 Å². The van der Waals surface area contributed by atoms with Gasteiger partial charge in [-0.15, -0.1) is 0 Å². The van der Waals surface area contributed by atoms with E-state index in [4.69, 9.17) is 25.8 Å². The molecule has 0 aromatic heterocycles. The molecule has 0 aliphatic carbocycles. The highest BCUT2D eigenvalue weighted by atomic mass is 35.5. The van der Waals surface area contributed by atoms with Crippen molar-refractivity contribution in [3.8, 4) is 17.2 Å². The van der Waals surface area contributed by atoms with Crippen LogP contribution in [0.2, 0.25) is 5.02 Å². The molecule has 0 amide bonds. The molecule has 26 heavy (non-hydrogen) atoms. The molecule has 2 aromatic rings. The number of hydrogen-bond donors (Lipinski definition) is 1. The van der Waals surface area contributed by atoms with Gasteiger partial charge in [0.1, 0.15) is 18.0 Å². The number of aliphatic hydroxyl groups is 1. The van der Waals surface area contributed by atoms with Crippen LogP contribution in [-0.4, -0.2) is 48.6 Å². The summed E-state index contributed by atoms with van der Waals surface area (Å²) in [5, 5.41) is 10.9. The molecule has 140 valence electrons. The van der Waals surface area contributed by atoms with E-state index in [2.05, 4.69) is 4.90 Å². The van der Waals surface area contributed by atoms with Crippen molar-refractivity contribution in [2.75, 3.05) is 20.2 Å². The molecular weight excluding hydrogens is 354 g/mol. The molecule has 3 unspecified atom stereocenters. The van der Waals surface area contributed by atoms with E-state index in [0.29, 0.717) is 23.1 Å². The van der Waals surface area contributed by atoms with Gasteiger partial charge in [-0.25, -0.2) is 0 Å². The molecule has 6 heteroatoms. The van der Waals surface area contributed by atoms with Gasteiger partial charge in [-0.1, -0.05) is 23.7 Å². The Kier molecular flexibility index (Phi) is 6.25. The number of halogens is 1. The third kappa shape index (κ3) is 4.61. The van der Waals surface area contributed by atoms with Crippen molar-refractivity contribution in [3.05, 3.63) is 53.6 Å². The number of ether oxygens (including phenoxy) is 3. The normalized spacial score (nSPS) is 19.8. The van der Waals surface area contributed by atoms with Crippen molar-refractivity contribution in [2.24, 2.45) is 0 Å². The van der Waals surface area contributed by atoms with Crippen LogP contribution in [0.5, 0.6) is 17.2 Å². The lowest BCUT2D eigenvalue weighted by Gasteiger charge is -2.30. The number of aliphatic hydroxyl groups excluding tert-OH is 1. The van der Waals surface area contributed by atoms with Crippen LogP contribution >= 0.6 is 11.6 Å². The van der Waals surface area contributed by atoms with Crippen molar-refractivity contribution in [1.82, 2.24) is 4.90 Å². The number of likely N-dealkylation sites (tertiary alicyclic amines) is 1. The van der Waals surface area contributed by atoms with E-state index in [1.165, 1.54) is 0 Å². The van der Waals surface area contributed by atoms with Crippen LogP contribution in [0.25, 0.3) is 0 Å². The van der Waals surface area contributed by atoms with E-state index in [1.54, 1.807) is 14.0 Å². The number of nitrogens with zero attached hydrogens (tertiary/aromatic N) is 1. The molecule has 1 aliphatic rings. The van der Waals surface area contributed by atoms with Gasteiger partial charge in [-0.3, -0.25) is 4.90 Å². The van der Waals surface area contributed by atoms with Crippen LogP contribution in [0.4, 0.5) is 0 Å². The molecule has 3 atom stereocenters. The van der Waals surface area contributed by atoms with Crippen LogP contribution < -0.4 is 14.2 Å². The van der Waals surface area contributed by atoms with Gasteiger partial charge in [0.15, 0.2) is 17.7 Å². The van der Waals surface area contributed by atoms with Crippen LogP contribution in [0.1, 0.15) is 13.3 Å². The first-order valence-electron chi connectivity index (χ1n) is 8.71. The fourth-order valence-corrected chi connectivity index (χ4v) is 3.24. The minimum absolute atomic E-state index is 0.0405. The SMILES string of the molecule is COc1ccccc1OC(C(C)O)N1CCC(Oc2ccc(Cl)cc2)C1. The Bertz CT molecular complexity index is 707. The lowest BCUT2D eigenvalue weighted by molar-refractivity contribution is -0.0519. The molecule has 1 heterocycles. The Balaban J connectivity index is 1.65. The number of rotatable bonds is 7. The van der Waals surface area contributed by atoms with Gasteiger partial charge >= 0.3 is 0 Å². The number of benzene rings is 2. The highest BCUT2D eigenvalue weighted by Gasteiger charge is 2.33. The van der Waals surface area contributed by atoms with E-state index >= 15 is 0 Å². The van der Waals surface area contributed by atoms with Crippen LogP contribution in [0, 0.1) is 0 Å².